The molecule has 2 aromatic heterocycles. The second-order valence-electron chi connectivity index (χ2n) is 3.97. The van der Waals surface area contributed by atoms with E-state index < -0.39 is 11.6 Å². The molecule has 0 saturated carbocycles. The molecule has 0 bridgehead atoms. The number of ketones is 2. The lowest BCUT2D eigenvalue weighted by Crippen LogP contribution is -2.18. The van der Waals surface area contributed by atoms with Gasteiger partial charge in [0.2, 0.25) is 11.6 Å². The third-order valence-corrected chi connectivity index (χ3v) is 6.74. The lowest BCUT2D eigenvalue weighted by molar-refractivity contribution is 0.0816. The fourth-order valence-corrected chi connectivity index (χ4v) is 5.23. The zero-order valence-electron chi connectivity index (χ0n) is 10.4. The molecule has 0 fully saturated rings. The molecule has 2 aromatic rings. The van der Waals surface area contributed by atoms with E-state index in [0.717, 1.165) is 19.5 Å². The Kier molecular flexibility index (Phi) is 5.58. The van der Waals surface area contributed by atoms with Gasteiger partial charge >= 0.3 is 0 Å². The molecule has 2 nitrogen and oxygen atoms in total. The van der Waals surface area contributed by atoms with Gasteiger partial charge < -0.3 is 0 Å². The normalized spacial score (nSPS) is 11.9. The van der Waals surface area contributed by atoms with Gasteiger partial charge in [0.15, 0.2) is 0 Å². The maximum atomic E-state index is 12.3. The predicted molar refractivity (Wildman–Crippen MR) is 113 cm³/mol. The summed E-state index contributed by atoms with van der Waals surface area (Å²) >= 11 is 7.10. The van der Waals surface area contributed by atoms with Crippen molar-refractivity contribution < 1.29 is 9.59 Å². The molecule has 0 N–H and O–H groups in total. The standard InChI is InChI=1S/C14H2I2O2S4/c15-19-3-1-7-5-9-11(17)12(18)10-6-8(2-4-20-16)22-14(10)13(9)21-7/h5-6H. The first-order valence-electron chi connectivity index (χ1n) is 5.60. The number of carbonyl (C=O) groups is 2. The van der Waals surface area contributed by atoms with Crippen LogP contribution in [0.1, 0.15) is 30.5 Å². The van der Waals surface area contributed by atoms with Crippen molar-refractivity contribution in [2.24, 2.45) is 0 Å². The molecule has 0 aliphatic heterocycles. The topological polar surface area (TPSA) is 34.1 Å². The van der Waals surface area contributed by atoms with E-state index in [4.69, 9.17) is 0 Å². The minimum Gasteiger partial charge on any atom is -0.285 e. The Bertz CT molecular complexity index is 842. The molecule has 1 aliphatic carbocycles. The molecule has 8 heteroatoms. The van der Waals surface area contributed by atoms with Crippen molar-refractivity contribution in [2.75, 3.05) is 0 Å². The van der Waals surface area contributed by atoms with Crippen LogP contribution in [-0.4, -0.2) is 11.6 Å². The highest BCUT2D eigenvalue weighted by molar-refractivity contribution is 14.2. The summed E-state index contributed by atoms with van der Waals surface area (Å²) < 4.78 is 0. The van der Waals surface area contributed by atoms with Crippen molar-refractivity contribution in [1.82, 2.24) is 0 Å². The largest absolute Gasteiger partial charge is 0.285 e. The van der Waals surface area contributed by atoms with E-state index in [2.05, 4.69) is 64.8 Å². The van der Waals surface area contributed by atoms with E-state index in [1.54, 1.807) is 12.1 Å². The molecule has 0 amide bonds. The van der Waals surface area contributed by atoms with Gasteiger partial charge in [-0.25, -0.2) is 0 Å². The Hall–Kier alpha value is 0.0200. The molecule has 0 unspecified atom stereocenters. The molecular formula is C14H2I2O2S4. The molecule has 1 aliphatic rings. The number of rotatable bonds is 0. The highest BCUT2D eigenvalue weighted by atomic mass is 127. The zero-order chi connectivity index (χ0) is 15.7. The SMILES string of the molecule is O=C1C(=O)c2cc(C#CSI)sc2-c2sc(C#CSI)cc21. The summed E-state index contributed by atoms with van der Waals surface area (Å²) in [4.78, 5) is 27.8. The van der Waals surface area contributed by atoms with E-state index in [0.29, 0.717) is 11.1 Å². The molecule has 3 rings (SSSR count). The molecule has 108 valence electrons. The molecule has 0 radical (unpaired) electrons. The third-order valence-electron chi connectivity index (χ3n) is 2.79. The lowest BCUT2D eigenvalue weighted by Gasteiger charge is -2.08. The lowest BCUT2D eigenvalue weighted by atomic mass is 9.95. The average molecular weight is 584 g/mol. The number of Topliss-reactive ketones (excluding diaryl/α,β-unsaturated/α-hetero) is 2. The van der Waals surface area contributed by atoms with E-state index in [-0.39, 0.29) is 0 Å². The molecule has 0 saturated heterocycles. The first-order chi connectivity index (χ1) is 10.7. The Morgan fingerprint density at radius 1 is 0.818 bits per heavy atom. The smallest absolute Gasteiger partial charge is 0.235 e. The van der Waals surface area contributed by atoms with E-state index >= 15 is 0 Å². The second kappa shape index (κ2) is 7.28. The average Bonchev–Trinajstić information content (AvgIpc) is 3.12. The van der Waals surface area contributed by atoms with Gasteiger partial charge in [-0.15, -0.1) is 22.7 Å². The number of fused-ring (bicyclic) bond motifs is 3. The minimum absolute atomic E-state index is 0.450. The Labute approximate surface area is 167 Å². The minimum atomic E-state index is -0.450. The monoisotopic (exact) mass is 584 g/mol. The number of hydrogen-bond acceptors (Lipinski definition) is 6. The van der Waals surface area contributed by atoms with Crippen molar-refractivity contribution in [1.29, 1.82) is 0 Å². The van der Waals surface area contributed by atoms with Crippen LogP contribution in [0.3, 0.4) is 0 Å². The van der Waals surface area contributed by atoms with Gasteiger partial charge in [-0.2, -0.15) is 0 Å². The van der Waals surface area contributed by atoms with Crippen molar-refractivity contribution in [3.8, 4) is 32.1 Å². The summed E-state index contributed by atoms with van der Waals surface area (Å²) in [6.45, 7) is 0. The molecule has 0 spiro atoms. The van der Waals surface area contributed by atoms with Gasteiger partial charge in [-0.05, 0) is 52.3 Å². The van der Waals surface area contributed by atoms with Crippen LogP contribution < -0.4 is 0 Å². The van der Waals surface area contributed by atoms with Gasteiger partial charge in [-0.3, -0.25) is 9.59 Å². The van der Waals surface area contributed by atoms with E-state index in [9.17, 15) is 9.59 Å². The summed E-state index contributed by atoms with van der Waals surface area (Å²) in [5.41, 5.74) is 0.935. The summed E-state index contributed by atoms with van der Waals surface area (Å²) in [6.07, 6.45) is 0. The summed E-state index contributed by atoms with van der Waals surface area (Å²) in [7, 11) is 2.78. The summed E-state index contributed by atoms with van der Waals surface area (Å²) in [5, 5.41) is 5.80. The van der Waals surface area contributed by atoms with Crippen LogP contribution in [0.4, 0.5) is 0 Å². The van der Waals surface area contributed by atoms with Gasteiger partial charge in [0.25, 0.3) is 0 Å². The van der Waals surface area contributed by atoms with Crippen LogP contribution in [-0.2, 0) is 0 Å². The van der Waals surface area contributed by atoms with Crippen molar-refractivity contribution in [3.05, 3.63) is 33.0 Å². The van der Waals surface area contributed by atoms with Crippen LogP contribution in [0.25, 0.3) is 9.75 Å². The molecule has 2 heterocycles. The van der Waals surface area contributed by atoms with Crippen LogP contribution in [0.2, 0.25) is 0 Å². The Morgan fingerprint density at radius 3 is 1.59 bits per heavy atom. The van der Waals surface area contributed by atoms with Gasteiger partial charge in [0, 0.05) is 53.5 Å². The van der Waals surface area contributed by atoms with Gasteiger partial charge in [-0.1, -0.05) is 0 Å². The van der Waals surface area contributed by atoms with Crippen molar-refractivity contribution in [2.45, 2.75) is 0 Å². The fraction of sp³-hybridized carbons (Fsp3) is 0. The van der Waals surface area contributed by atoms with Crippen LogP contribution in [0.5, 0.6) is 0 Å². The molecule has 22 heavy (non-hydrogen) atoms. The quantitative estimate of drug-likeness (QED) is 0.228. The Balaban J connectivity index is 2.16. The molecular weight excluding hydrogens is 582 g/mol. The van der Waals surface area contributed by atoms with E-state index in [1.807, 2.05) is 0 Å². The highest BCUT2D eigenvalue weighted by Crippen LogP contribution is 2.43. The fourth-order valence-electron chi connectivity index (χ4n) is 1.96. The first-order valence-corrected chi connectivity index (χ1v) is 13.9. The third kappa shape index (κ3) is 3.14. The summed E-state index contributed by atoms with van der Waals surface area (Å²) in [5.74, 6) is 5.08. The predicted octanol–water partition coefficient (Wildman–Crippen LogP) is 5.64. The maximum absolute atomic E-state index is 12.3. The molecule has 0 aromatic carbocycles. The number of thiophene rings is 2. The van der Waals surface area contributed by atoms with Gasteiger partial charge in [0.1, 0.15) is 0 Å². The highest BCUT2D eigenvalue weighted by Gasteiger charge is 2.34. The molecule has 0 atom stereocenters. The zero-order valence-corrected chi connectivity index (χ0v) is 17.9. The van der Waals surface area contributed by atoms with Gasteiger partial charge in [0.05, 0.1) is 19.5 Å². The Morgan fingerprint density at radius 2 is 1.23 bits per heavy atom. The van der Waals surface area contributed by atoms with Crippen LogP contribution in [0, 0.1) is 22.3 Å². The first kappa shape index (κ1) is 16.9. The van der Waals surface area contributed by atoms with Crippen LogP contribution >= 0.6 is 83.0 Å². The van der Waals surface area contributed by atoms with Crippen molar-refractivity contribution >= 4 is 94.5 Å². The number of carbonyl (C=O) groups excluding carboxylic acids is 2. The second-order valence-corrected chi connectivity index (χ2v) is 9.44. The number of hydrogen-bond donors (Lipinski definition) is 0. The summed E-state index contributed by atoms with van der Waals surface area (Å²) in [6, 6.07) is 3.43. The van der Waals surface area contributed by atoms with E-state index in [1.165, 1.54) is 40.5 Å². The van der Waals surface area contributed by atoms with Crippen LogP contribution in [0.15, 0.2) is 12.1 Å². The number of halogens is 2. The van der Waals surface area contributed by atoms with Crippen molar-refractivity contribution in [3.63, 3.8) is 0 Å². The maximum Gasteiger partial charge on any atom is 0.235 e.